The number of sulfone groups is 1. The van der Waals surface area contributed by atoms with Crippen LogP contribution in [0.25, 0.3) is 0 Å². The Morgan fingerprint density at radius 1 is 1.23 bits per heavy atom. The molecule has 22 heavy (non-hydrogen) atoms. The summed E-state index contributed by atoms with van der Waals surface area (Å²) in [4.78, 5) is 14.0. The zero-order valence-corrected chi connectivity index (χ0v) is 14.0. The first-order chi connectivity index (χ1) is 10.5. The smallest absolute Gasteiger partial charge is 0.219 e. The standard InChI is InChI=1S/C16H24N2O3S/c1-3-16(19)17-13-9-11-18(12-10-13)14-7-5-6-8-15(14)22(20,21)4-2/h5-8,13H,3-4,9-12H2,1-2H3,(H,17,19). The first-order valence-electron chi connectivity index (χ1n) is 7.84. The van der Waals surface area contributed by atoms with Crippen molar-refractivity contribution in [2.75, 3.05) is 23.7 Å². The summed E-state index contributed by atoms with van der Waals surface area (Å²) in [6, 6.07) is 7.38. The van der Waals surface area contributed by atoms with Crippen molar-refractivity contribution in [2.45, 2.75) is 44.0 Å². The number of nitrogens with one attached hydrogen (secondary N) is 1. The van der Waals surface area contributed by atoms with Crippen LogP contribution in [0.1, 0.15) is 33.1 Å². The number of rotatable bonds is 5. The summed E-state index contributed by atoms with van der Waals surface area (Å²) in [5.74, 6) is 0.181. The van der Waals surface area contributed by atoms with Crippen molar-refractivity contribution in [3.63, 3.8) is 0 Å². The van der Waals surface area contributed by atoms with Crippen LogP contribution in [0, 0.1) is 0 Å². The fourth-order valence-corrected chi connectivity index (χ4v) is 3.84. The maximum absolute atomic E-state index is 12.2. The highest BCUT2D eigenvalue weighted by molar-refractivity contribution is 7.91. The van der Waals surface area contributed by atoms with Gasteiger partial charge in [0.1, 0.15) is 0 Å². The third-order valence-corrected chi connectivity index (χ3v) is 5.88. The van der Waals surface area contributed by atoms with Gasteiger partial charge in [-0.3, -0.25) is 4.79 Å². The molecule has 0 aliphatic carbocycles. The lowest BCUT2D eigenvalue weighted by Crippen LogP contribution is -2.44. The summed E-state index contributed by atoms with van der Waals surface area (Å²) < 4.78 is 24.5. The summed E-state index contributed by atoms with van der Waals surface area (Å²) in [6.45, 7) is 5.02. The molecule has 1 fully saturated rings. The lowest BCUT2D eigenvalue weighted by molar-refractivity contribution is -0.121. The van der Waals surface area contributed by atoms with Crippen LogP contribution in [-0.2, 0) is 14.6 Å². The fourth-order valence-electron chi connectivity index (χ4n) is 2.73. The predicted octanol–water partition coefficient (Wildman–Crippen LogP) is 1.98. The van der Waals surface area contributed by atoms with Gasteiger partial charge in [0, 0.05) is 25.6 Å². The summed E-state index contributed by atoms with van der Waals surface area (Å²) in [5.41, 5.74) is 0.782. The maximum Gasteiger partial charge on any atom is 0.219 e. The molecule has 122 valence electrons. The van der Waals surface area contributed by atoms with Crippen molar-refractivity contribution in [3.8, 4) is 0 Å². The van der Waals surface area contributed by atoms with Gasteiger partial charge in [-0.2, -0.15) is 0 Å². The number of benzene rings is 1. The zero-order chi connectivity index (χ0) is 16.2. The predicted molar refractivity (Wildman–Crippen MR) is 87.8 cm³/mol. The average Bonchev–Trinajstić information content (AvgIpc) is 2.55. The molecule has 0 unspecified atom stereocenters. The molecule has 2 rings (SSSR count). The number of anilines is 1. The summed E-state index contributed by atoms with van der Waals surface area (Å²) in [6.07, 6.45) is 2.18. The number of hydrogen-bond acceptors (Lipinski definition) is 4. The van der Waals surface area contributed by atoms with Gasteiger partial charge in [0.05, 0.1) is 16.3 Å². The van der Waals surface area contributed by atoms with Gasteiger partial charge in [0.15, 0.2) is 9.84 Å². The molecule has 0 spiro atoms. The Morgan fingerprint density at radius 2 is 1.86 bits per heavy atom. The van der Waals surface area contributed by atoms with Crippen LogP contribution in [0.4, 0.5) is 5.69 Å². The number of para-hydroxylation sites is 1. The Hall–Kier alpha value is -1.56. The zero-order valence-electron chi connectivity index (χ0n) is 13.2. The minimum absolute atomic E-state index is 0.0763. The number of nitrogens with zero attached hydrogens (tertiary/aromatic N) is 1. The lowest BCUT2D eigenvalue weighted by atomic mass is 10.0. The first-order valence-corrected chi connectivity index (χ1v) is 9.49. The second-order valence-electron chi connectivity index (χ2n) is 5.55. The SMILES string of the molecule is CCC(=O)NC1CCN(c2ccccc2S(=O)(=O)CC)CC1. The molecule has 0 aromatic heterocycles. The Bertz CT molecular complexity index is 620. The number of hydrogen-bond donors (Lipinski definition) is 1. The van der Waals surface area contributed by atoms with E-state index in [9.17, 15) is 13.2 Å². The molecule has 1 aliphatic heterocycles. The van der Waals surface area contributed by atoms with Gasteiger partial charge in [-0.1, -0.05) is 26.0 Å². The minimum atomic E-state index is -3.23. The molecular weight excluding hydrogens is 300 g/mol. The Kier molecular flexibility index (Phi) is 5.45. The topological polar surface area (TPSA) is 66.5 Å². The number of amides is 1. The summed E-state index contributed by atoms with van der Waals surface area (Å²) >= 11 is 0. The second kappa shape index (κ2) is 7.13. The van der Waals surface area contributed by atoms with Gasteiger partial charge < -0.3 is 10.2 Å². The molecule has 0 saturated carbocycles. The van der Waals surface area contributed by atoms with Gasteiger partial charge in [-0.25, -0.2) is 8.42 Å². The van der Waals surface area contributed by atoms with E-state index in [4.69, 9.17) is 0 Å². The minimum Gasteiger partial charge on any atom is -0.370 e. The third-order valence-electron chi connectivity index (χ3n) is 4.10. The van der Waals surface area contributed by atoms with Crippen molar-refractivity contribution >= 4 is 21.4 Å². The van der Waals surface area contributed by atoms with Crippen LogP contribution < -0.4 is 10.2 Å². The van der Waals surface area contributed by atoms with E-state index in [1.807, 2.05) is 19.1 Å². The number of carbonyl (C=O) groups excluding carboxylic acids is 1. The van der Waals surface area contributed by atoms with Gasteiger partial charge in [0.2, 0.25) is 5.91 Å². The molecule has 1 aliphatic rings. The summed E-state index contributed by atoms with van der Waals surface area (Å²) in [5, 5.41) is 3.01. The molecule has 0 atom stereocenters. The number of carbonyl (C=O) groups is 1. The molecule has 6 heteroatoms. The van der Waals surface area contributed by atoms with Crippen molar-refractivity contribution in [1.82, 2.24) is 5.32 Å². The van der Waals surface area contributed by atoms with Crippen molar-refractivity contribution in [2.24, 2.45) is 0 Å². The highest BCUT2D eigenvalue weighted by Gasteiger charge is 2.24. The largest absolute Gasteiger partial charge is 0.370 e. The van der Waals surface area contributed by atoms with Crippen LogP contribution in [0.3, 0.4) is 0 Å². The van der Waals surface area contributed by atoms with Crippen molar-refractivity contribution < 1.29 is 13.2 Å². The van der Waals surface area contributed by atoms with E-state index < -0.39 is 9.84 Å². The van der Waals surface area contributed by atoms with E-state index in [0.717, 1.165) is 31.6 Å². The molecule has 5 nitrogen and oxygen atoms in total. The van der Waals surface area contributed by atoms with Crippen LogP contribution in [0.5, 0.6) is 0 Å². The van der Waals surface area contributed by atoms with Gasteiger partial charge in [-0.15, -0.1) is 0 Å². The monoisotopic (exact) mass is 324 g/mol. The molecule has 0 radical (unpaired) electrons. The van der Waals surface area contributed by atoms with Crippen LogP contribution in [-0.4, -0.2) is 39.2 Å². The van der Waals surface area contributed by atoms with Crippen molar-refractivity contribution in [1.29, 1.82) is 0 Å². The molecule has 0 bridgehead atoms. The first kappa shape index (κ1) is 16.8. The molecule has 1 N–H and O–H groups in total. The van der Waals surface area contributed by atoms with E-state index in [0.29, 0.717) is 11.3 Å². The number of piperidine rings is 1. The van der Waals surface area contributed by atoms with E-state index in [1.54, 1.807) is 19.1 Å². The fraction of sp³-hybridized carbons (Fsp3) is 0.562. The average molecular weight is 324 g/mol. The van der Waals surface area contributed by atoms with Crippen LogP contribution in [0.2, 0.25) is 0 Å². The van der Waals surface area contributed by atoms with Crippen LogP contribution in [0.15, 0.2) is 29.2 Å². The van der Waals surface area contributed by atoms with Gasteiger partial charge in [0.25, 0.3) is 0 Å². The normalized spacial score (nSPS) is 16.5. The van der Waals surface area contributed by atoms with Gasteiger partial charge in [-0.05, 0) is 25.0 Å². The van der Waals surface area contributed by atoms with Crippen LogP contribution >= 0.6 is 0 Å². The highest BCUT2D eigenvalue weighted by atomic mass is 32.2. The summed E-state index contributed by atoms with van der Waals surface area (Å²) in [7, 11) is -3.23. The molecule has 1 amide bonds. The van der Waals surface area contributed by atoms with E-state index in [1.165, 1.54) is 0 Å². The Balaban J connectivity index is 2.11. The van der Waals surface area contributed by atoms with E-state index in [2.05, 4.69) is 10.2 Å². The highest BCUT2D eigenvalue weighted by Crippen LogP contribution is 2.28. The Morgan fingerprint density at radius 3 is 2.45 bits per heavy atom. The Labute approximate surface area is 132 Å². The molecular formula is C16H24N2O3S. The molecule has 1 aromatic carbocycles. The lowest BCUT2D eigenvalue weighted by Gasteiger charge is -2.34. The maximum atomic E-state index is 12.2. The molecule has 1 heterocycles. The van der Waals surface area contributed by atoms with E-state index >= 15 is 0 Å². The molecule has 1 saturated heterocycles. The van der Waals surface area contributed by atoms with Gasteiger partial charge >= 0.3 is 0 Å². The third kappa shape index (κ3) is 3.80. The van der Waals surface area contributed by atoms with Crippen molar-refractivity contribution in [3.05, 3.63) is 24.3 Å². The molecule has 1 aromatic rings. The van der Waals surface area contributed by atoms with E-state index in [-0.39, 0.29) is 17.7 Å². The quantitative estimate of drug-likeness (QED) is 0.899. The second-order valence-corrected chi connectivity index (χ2v) is 7.80.